The van der Waals surface area contributed by atoms with Gasteiger partial charge < -0.3 is 0 Å². The minimum Gasteiger partial charge on any atom is -0.267 e. The fourth-order valence-corrected chi connectivity index (χ4v) is 4.97. The number of carbonyl (C=O) groups excluding carboxylic acids is 1. The van der Waals surface area contributed by atoms with Crippen molar-refractivity contribution in [1.82, 2.24) is 19.7 Å². The maximum absolute atomic E-state index is 12.9. The Bertz CT molecular complexity index is 950. The summed E-state index contributed by atoms with van der Waals surface area (Å²) in [6.45, 7) is 3.68. The van der Waals surface area contributed by atoms with Crippen LogP contribution in [0.4, 0.5) is 5.95 Å². The molecule has 2 aromatic rings. The Morgan fingerprint density at radius 1 is 1.03 bits per heavy atom. The van der Waals surface area contributed by atoms with Crippen molar-refractivity contribution in [3.8, 4) is 0 Å². The SMILES string of the molecule is Cc1cc(C)nc(NNC(=O)c2ccc(S(=O)(=O)N(C)C3CCCCC3)cc2)n1. The molecule has 0 unspecified atom stereocenters. The molecule has 1 heterocycles. The molecule has 0 radical (unpaired) electrons. The smallest absolute Gasteiger partial charge is 0.267 e. The molecule has 8 nitrogen and oxygen atoms in total. The molecular formula is C20H27N5O3S. The van der Waals surface area contributed by atoms with Crippen LogP contribution in [0.15, 0.2) is 35.2 Å². The topological polar surface area (TPSA) is 104 Å². The summed E-state index contributed by atoms with van der Waals surface area (Å²) in [4.78, 5) is 20.9. The van der Waals surface area contributed by atoms with Gasteiger partial charge in [0, 0.05) is 30.0 Å². The van der Waals surface area contributed by atoms with Gasteiger partial charge >= 0.3 is 0 Å². The molecule has 1 aliphatic carbocycles. The second-order valence-corrected chi connectivity index (χ2v) is 9.39. The summed E-state index contributed by atoms with van der Waals surface area (Å²) in [5, 5.41) is 0. The minimum absolute atomic E-state index is 0.0405. The third kappa shape index (κ3) is 5.10. The van der Waals surface area contributed by atoms with Gasteiger partial charge in [-0.15, -0.1) is 0 Å². The van der Waals surface area contributed by atoms with Crippen LogP contribution in [0.3, 0.4) is 0 Å². The molecule has 1 aromatic carbocycles. The molecule has 0 bridgehead atoms. The highest BCUT2D eigenvalue weighted by Gasteiger charge is 2.29. The number of benzene rings is 1. The van der Waals surface area contributed by atoms with Gasteiger partial charge in [0.25, 0.3) is 5.91 Å². The lowest BCUT2D eigenvalue weighted by molar-refractivity contribution is 0.0962. The third-order valence-electron chi connectivity index (χ3n) is 5.15. The number of sulfonamides is 1. The highest BCUT2D eigenvalue weighted by molar-refractivity contribution is 7.89. The van der Waals surface area contributed by atoms with Crippen molar-refractivity contribution in [2.45, 2.75) is 56.9 Å². The van der Waals surface area contributed by atoms with Crippen LogP contribution in [0.5, 0.6) is 0 Å². The number of nitrogens with one attached hydrogen (secondary N) is 2. The largest absolute Gasteiger partial charge is 0.269 e. The fourth-order valence-electron chi connectivity index (χ4n) is 3.55. The summed E-state index contributed by atoms with van der Waals surface area (Å²) in [6.07, 6.45) is 5.06. The quantitative estimate of drug-likeness (QED) is 0.701. The summed E-state index contributed by atoms with van der Waals surface area (Å²) >= 11 is 0. The zero-order valence-corrected chi connectivity index (χ0v) is 17.8. The van der Waals surface area contributed by atoms with Gasteiger partial charge in [-0.2, -0.15) is 4.31 Å². The van der Waals surface area contributed by atoms with E-state index in [9.17, 15) is 13.2 Å². The molecule has 1 aromatic heterocycles. The first kappa shape index (κ1) is 21.2. The van der Waals surface area contributed by atoms with Gasteiger partial charge in [0.05, 0.1) is 4.90 Å². The molecule has 1 saturated carbocycles. The van der Waals surface area contributed by atoms with E-state index in [4.69, 9.17) is 0 Å². The van der Waals surface area contributed by atoms with E-state index in [0.29, 0.717) is 11.5 Å². The molecule has 9 heteroatoms. The average molecular weight is 418 g/mol. The molecule has 0 saturated heterocycles. The lowest BCUT2D eigenvalue weighted by atomic mass is 9.96. The van der Waals surface area contributed by atoms with Crippen LogP contribution in [0.1, 0.15) is 53.8 Å². The van der Waals surface area contributed by atoms with E-state index >= 15 is 0 Å². The molecular weight excluding hydrogens is 390 g/mol. The molecule has 156 valence electrons. The molecule has 1 fully saturated rings. The Labute approximate surface area is 171 Å². The Balaban J connectivity index is 1.66. The second-order valence-electron chi connectivity index (χ2n) is 7.39. The van der Waals surface area contributed by atoms with Gasteiger partial charge in [-0.25, -0.2) is 18.4 Å². The monoisotopic (exact) mass is 417 g/mol. The third-order valence-corrected chi connectivity index (χ3v) is 7.08. The molecule has 3 rings (SSSR count). The lowest BCUT2D eigenvalue weighted by Crippen LogP contribution is -2.38. The lowest BCUT2D eigenvalue weighted by Gasteiger charge is -2.30. The van der Waals surface area contributed by atoms with Gasteiger partial charge in [0.2, 0.25) is 16.0 Å². The fraction of sp³-hybridized carbons (Fsp3) is 0.450. The predicted molar refractivity (Wildman–Crippen MR) is 111 cm³/mol. The highest BCUT2D eigenvalue weighted by Crippen LogP contribution is 2.26. The van der Waals surface area contributed by atoms with Crippen molar-refractivity contribution >= 4 is 21.9 Å². The van der Waals surface area contributed by atoms with Crippen LogP contribution in [0.2, 0.25) is 0 Å². The van der Waals surface area contributed by atoms with Crippen molar-refractivity contribution < 1.29 is 13.2 Å². The van der Waals surface area contributed by atoms with E-state index in [2.05, 4.69) is 20.8 Å². The van der Waals surface area contributed by atoms with E-state index in [1.807, 2.05) is 19.9 Å². The number of carbonyl (C=O) groups is 1. The molecule has 0 atom stereocenters. The Morgan fingerprint density at radius 2 is 1.62 bits per heavy atom. The number of hydrazine groups is 1. The van der Waals surface area contributed by atoms with E-state index < -0.39 is 15.9 Å². The number of amides is 1. The van der Waals surface area contributed by atoms with Crippen LogP contribution in [-0.4, -0.2) is 41.7 Å². The Hall–Kier alpha value is -2.52. The number of nitrogens with zero attached hydrogens (tertiary/aromatic N) is 3. The van der Waals surface area contributed by atoms with Crippen molar-refractivity contribution in [2.75, 3.05) is 12.5 Å². The summed E-state index contributed by atoms with van der Waals surface area (Å²) in [5.41, 5.74) is 7.11. The molecule has 0 spiro atoms. The van der Waals surface area contributed by atoms with Crippen LogP contribution in [0, 0.1) is 13.8 Å². The number of rotatable bonds is 6. The summed E-state index contributed by atoms with van der Waals surface area (Å²) < 4.78 is 27.2. The normalized spacial score (nSPS) is 15.3. The first-order chi connectivity index (χ1) is 13.8. The number of anilines is 1. The number of aromatic nitrogens is 2. The van der Waals surface area contributed by atoms with E-state index in [1.54, 1.807) is 7.05 Å². The van der Waals surface area contributed by atoms with E-state index in [-0.39, 0.29) is 10.9 Å². The van der Waals surface area contributed by atoms with Crippen molar-refractivity contribution in [3.63, 3.8) is 0 Å². The van der Waals surface area contributed by atoms with E-state index in [0.717, 1.165) is 43.5 Å². The molecule has 0 aliphatic heterocycles. The van der Waals surface area contributed by atoms with Crippen LogP contribution < -0.4 is 10.9 Å². The Morgan fingerprint density at radius 3 is 2.21 bits per heavy atom. The van der Waals surface area contributed by atoms with Crippen molar-refractivity contribution in [3.05, 3.63) is 47.3 Å². The van der Waals surface area contributed by atoms with Crippen LogP contribution in [0.25, 0.3) is 0 Å². The van der Waals surface area contributed by atoms with Gasteiger partial charge in [-0.3, -0.25) is 15.6 Å². The average Bonchev–Trinajstić information content (AvgIpc) is 2.71. The van der Waals surface area contributed by atoms with Crippen molar-refractivity contribution in [2.24, 2.45) is 0 Å². The van der Waals surface area contributed by atoms with Gasteiger partial charge in [-0.05, 0) is 57.0 Å². The zero-order valence-electron chi connectivity index (χ0n) is 17.0. The van der Waals surface area contributed by atoms with Crippen LogP contribution >= 0.6 is 0 Å². The molecule has 1 aliphatic rings. The maximum atomic E-state index is 12.9. The second kappa shape index (κ2) is 8.87. The summed E-state index contributed by atoms with van der Waals surface area (Å²) in [6, 6.07) is 7.81. The molecule has 29 heavy (non-hydrogen) atoms. The Kier molecular flexibility index (Phi) is 6.49. The standard InChI is InChI=1S/C20H27N5O3S/c1-14-13-15(2)22-20(21-14)24-23-19(26)16-9-11-18(12-10-16)29(27,28)25(3)17-7-5-4-6-8-17/h9-13,17H,4-8H2,1-3H3,(H,23,26)(H,21,22,24). The maximum Gasteiger partial charge on any atom is 0.269 e. The zero-order chi connectivity index (χ0) is 21.0. The number of aryl methyl sites for hydroxylation is 2. The minimum atomic E-state index is -3.58. The van der Waals surface area contributed by atoms with Gasteiger partial charge in [-0.1, -0.05) is 19.3 Å². The summed E-state index contributed by atoms with van der Waals surface area (Å²) in [5.74, 6) is -0.110. The first-order valence-corrected chi connectivity index (χ1v) is 11.2. The van der Waals surface area contributed by atoms with E-state index in [1.165, 1.54) is 28.6 Å². The molecule has 1 amide bonds. The number of hydrogen-bond acceptors (Lipinski definition) is 6. The van der Waals surface area contributed by atoms with Crippen molar-refractivity contribution in [1.29, 1.82) is 0 Å². The van der Waals surface area contributed by atoms with Crippen LogP contribution in [-0.2, 0) is 10.0 Å². The van der Waals surface area contributed by atoms with Gasteiger partial charge in [0.15, 0.2) is 0 Å². The highest BCUT2D eigenvalue weighted by atomic mass is 32.2. The molecule has 2 N–H and O–H groups in total. The first-order valence-electron chi connectivity index (χ1n) is 9.74. The number of hydrogen-bond donors (Lipinski definition) is 2. The summed E-state index contributed by atoms with van der Waals surface area (Å²) in [7, 11) is -1.94. The van der Waals surface area contributed by atoms with Gasteiger partial charge in [0.1, 0.15) is 0 Å². The predicted octanol–water partition coefficient (Wildman–Crippen LogP) is 2.80.